The quantitative estimate of drug-likeness (QED) is 0.548. The molecule has 2 aliphatic heterocycles. The van der Waals surface area contributed by atoms with Crippen LogP contribution in [0.1, 0.15) is 33.3 Å². The van der Waals surface area contributed by atoms with Crippen LogP contribution in [0.3, 0.4) is 0 Å². The number of amides is 3. The first kappa shape index (κ1) is 26.2. The highest BCUT2D eigenvalue weighted by Gasteiger charge is 2.56. The first-order chi connectivity index (χ1) is 18.1. The van der Waals surface area contributed by atoms with E-state index in [1.165, 1.54) is 4.57 Å². The Bertz CT molecular complexity index is 1230. The van der Waals surface area contributed by atoms with Crippen molar-refractivity contribution in [3.63, 3.8) is 0 Å². The van der Waals surface area contributed by atoms with Gasteiger partial charge in [0.2, 0.25) is 0 Å². The molecular weight excluding hydrogens is 486 g/mol. The summed E-state index contributed by atoms with van der Waals surface area (Å²) in [6, 6.07) is 9.66. The highest BCUT2D eigenvalue weighted by atomic mass is 16.6. The molecule has 0 radical (unpaired) electrons. The third-order valence-corrected chi connectivity index (χ3v) is 7.27. The van der Waals surface area contributed by atoms with E-state index in [4.69, 9.17) is 4.74 Å². The Kier molecular flexibility index (Phi) is 7.15. The second kappa shape index (κ2) is 10.4. The van der Waals surface area contributed by atoms with E-state index in [1.807, 2.05) is 52.0 Å². The van der Waals surface area contributed by atoms with Crippen molar-refractivity contribution < 1.29 is 14.3 Å². The minimum atomic E-state index is -0.491. The average Bonchev–Trinajstić information content (AvgIpc) is 3.27. The fourth-order valence-electron chi connectivity index (χ4n) is 5.40. The van der Waals surface area contributed by atoms with Gasteiger partial charge in [-0.2, -0.15) is 4.98 Å². The number of hydrogen-bond acceptors (Lipinski definition) is 7. The van der Waals surface area contributed by atoms with Crippen LogP contribution in [-0.4, -0.2) is 81.9 Å². The second-order valence-corrected chi connectivity index (χ2v) is 11.6. The van der Waals surface area contributed by atoms with Gasteiger partial charge in [0, 0.05) is 57.5 Å². The predicted molar refractivity (Wildman–Crippen MR) is 143 cm³/mol. The van der Waals surface area contributed by atoms with Crippen LogP contribution in [0.25, 0.3) is 5.69 Å². The van der Waals surface area contributed by atoms with E-state index in [-0.39, 0.29) is 30.0 Å². The minimum Gasteiger partial charge on any atom is -0.444 e. The van der Waals surface area contributed by atoms with E-state index >= 15 is 0 Å². The number of rotatable bonds is 5. The zero-order valence-corrected chi connectivity index (χ0v) is 22.4. The second-order valence-electron chi connectivity index (χ2n) is 11.6. The fourth-order valence-corrected chi connectivity index (χ4v) is 5.40. The molecule has 204 valence electrons. The molecule has 3 fully saturated rings. The summed E-state index contributed by atoms with van der Waals surface area (Å²) >= 11 is 0. The van der Waals surface area contributed by atoms with Gasteiger partial charge in [-0.15, -0.1) is 0 Å². The molecule has 1 aliphatic carbocycles. The van der Waals surface area contributed by atoms with Crippen molar-refractivity contribution in [3.05, 3.63) is 52.6 Å². The van der Waals surface area contributed by atoms with E-state index in [0.29, 0.717) is 30.6 Å². The van der Waals surface area contributed by atoms with Gasteiger partial charge in [-0.05, 0) is 63.3 Å². The smallest absolute Gasteiger partial charge is 0.407 e. The number of carbonyl (C=O) groups excluding carboxylic acids is 2. The molecule has 1 saturated carbocycles. The van der Waals surface area contributed by atoms with Crippen LogP contribution < -0.4 is 21.6 Å². The van der Waals surface area contributed by atoms with Crippen LogP contribution in [0, 0.1) is 11.8 Å². The summed E-state index contributed by atoms with van der Waals surface area (Å²) in [5.41, 5.74) is 0.926. The molecule has 3 N–H and O–H groups in total. The zero-order chi connectivity index (χ0) is 27.0. The molecule has 5 rings (SSSR count). The summed E-state index contributed by atoms with van der Waals surface area (Å²) < 4.78 is 6.83. The van der Waals surface area contributed by atoms with Crippen molar-refractivity contribution in [2.75, 3.05) is 38.0 Å². The van der Waals surface area contributed by atoms with Gasteiger partial charge in [-0.1, -0.05) is 12.1 Å². The highest BCUT2D eigenvalue weighted by molar-refractivity contribution is 5.88. The van der Waals surface area contributed by atoms with Crippen LogP contribution in [0.15, 0.2) is 41.3 Å². The van der Waals surface area contributed by atoms with Gasteiger partial charge in [0.05, 0.1) is 5.69 Å². The molecule has 38 heavy (non-hydrogen) atoms. The molecule has 1 aromatic heterocycles. The Labute approximate surface area is 222 Å². The molecular formula is C27H37N7O4. The summed E-state index contributed by atoms with van der Waals surface area (Å²) in [5, 5.41) is 9.03. The van der Waals surface area contributed by atoms with Crippen molar-refractivity contribution in [1.82, 2.24) is 30.0 Å². The zero-order valence-electron chi connectivity index (χ0n) is 22.4. The van der Waals surface area contributed by atoms with Gasteiger partial charge in [0.15, 0.2) is 0 Å². The summed E-state index contributed by atoms with van der Waals surface area (Å²) in [6.45, 7) is 12.3. The summed E-state index contributed by atoms with van der Waals surface area (Å²) in [4.78, 5) is 45.4. The third kappa shape index (κ3) is 6.16. The number of benzene rings is 1. The van der Waals surface area contributed by atoms with Gasteiger partial charge in [0.25, 0.3) is 0 Å². The van der Waals surface area contributed by atoms with E-state index in [0.717, 1.165) is 31.7 Å². The number of nitrogens with one attached hydrogen (secondary N) is 3. The van der Waals surface area contributed by atoms with E-state index < -0.39 is 11.3 Å². The number of urea groups is 1. The number of ether oxygens (including phenoxy) is 1. The van der Waals surface area contributed by atoms with Crippen molar-refractivity contribution in [2.24, 2.45) is 11.8 Å². The lowest BCUT2D eigenvalue weighted by molar-refractivity contribution is 0.0513. The number of piperazine rings is 1. The molecule has 1 aromatic carbocycles. The molecule has 3 aliphatic rings. The maximum atomic E-state index is 12.7. The number of alkyl carbamates (subject to hydrolysis) is 1. The van der Waals surface area contributed by atoms with Crippen molar-refractivity contribution >= 4 is 17.9 Å². The van der Waals surface area contributed by atoms with Gasteiger partial charge in [-0.3, -0.25) is 14.8 Å². The number of carbonyl (C=O) groups is 2. The molecule has 2 unspecified atom stereocenters. The first-order valence-corrected chi connectivity index (χ1v) is 13.3. The van der Waals surface area contributed by atoms with E-state index in [9.17, 15) is 14.4 Å². The van der Waals surface area contributed by atoms with E-state index in [2.05, 4.69) is 25.8 Å². The Hall–Kier alpha value is -3.44. The maximum Gasteiger partial charge on any atom is 0.407 e. The third-order valence-electron chi connectivity index (χ3n) is 7.27. The van der Waals surface area contributed by atoms with Gasteiger partial charge in [0.1, 0.15) is 11.4 Å². The van der Waals surface area contributed by atoms with Crippen LogP contribution in [0.2, 0.25) is 0 Å². The largest absolute Gasteiger partial charge is 0.444 e. The van der Waals surface area contributed by atoms with Crippen molar-refractivity contribution in [3.8, 4) is 5.69 Å². The van der Waals surface area contributed by atoms with Gasteiger partial charge < -0.3 is 20.3 Å². The molecule has 2 saturated heterocycles. The van der Waals surface area contributed by atoms with Crippen molar-refractivity contribution in [1.29, 1.82) is 0 Å². The molecule has 11 heteroatoms. The SMILES string of the molecule is C[C@@H]1CN(C(=O)Nc2ccn(-c3ccc(CN4CC5C(C4)C5NC(=O)OC(C)(C)C)cc3)c(=O)n2)CCN1. The molecule has 3 atom stereocenters. The summed E-state index contributed by atoms with van der Waals surface area (Å²) in [7, 11) is 0. The number of fused-ring (bicyclic) bond motifs is 1. The normalized spacial score (nSPS) is 25.0. The molecule has 3 heterocycles. The Morgan fingerprint density at radius 1 is 1.11 bits per heavy atom. The van der Waals surface area contributed by atoms with Crippen molar-refractivity contribution in [2.45, 2.75) is 51.9 Å². The number of piperidine rings is 1. The number of likely N-dealkylation sites (tertiary alicyclic amines) is 1. The van der Waals surface area contributed by atoms with Crippen LogP contribution >= 0.6 is 0 Å². The number of aromatic nitrogens is 2. The van der Waals surface area contributed by atoms with Crippen LogP contribution in [-0.2, 0) is 11.3 Å². The lowest BCUT2D eigenvalue weighted by atomic mass is 10.2. The Morgan fingerprint density at radius 2 is 1.82 bits per heavy atom. The maximum absolute atomic E-state index is 12.7. The number of nitrogens with zero attached hydrogens (tertiary/aromatic N) is 4. The molecule has 2 aromatic rings. The lowest BCUT2D eigenvalue weighted by Gasteiger charge is -2.31. The Morgan fingerprint density at radius 3 is 2.45 bits per heavy atom. The first-order valence-electron chi connectivity index (χ1n) is 13.3. The molecule has 3 amide bonds. The van der Waals surface area contributed by atoms with Crippen LogP contribution in [0.5, 0.6) is 0 Å². The fraction of sp³-hybridized carbons (Fsp3) is 0.556. The monoisotopic (exact) mass is 523 g/mol. The van der Waals surface area contributed by atoms with Gasteiger partial charge >= 0.3 is 17.8 Å². The topological polar surface area (TPSA) is 121 Å². The standard InChI is InChI=1S/C27H37N7O4/c1-17-13-33(12-10-28-17)24(35)29-22-9-11-34(25(36)30-22)19-7-5-18(6-8-19)14-32-15-20-21(16-32)23(20)31-26(37)38-27(2,3)4/h5-9,11,17,20-21,23,28H,10,12-16H2,1-4H3,(H,31,37)(H,29,30,35,36)/t17-,20?,21?,23?/m1/s1. The van der Waals surface area contributed by atoms with Crippen LogP contribution in [0.4, 0.5) is 15.4 Å². The van der Waals surface area contributed by atoms with Gasteiger partial charge in [-0.25, -0.2) is 14.4 Å². The lowest BCUT2D eigenvalue weighted by Crippen LogP contribution is -2.52. The summed E-state index contributed by atoms with van der Waals surface area (Å²) in [6.07, 6.45) is 1.29. The summed E-state index contributed by atoms with van der Waals surface area (Å²) in [5.74, 6) is 1.19. The van der Waals surface area contributed by atoms with E-state index in [1.54, 1.807) is 17.2 Å². The number of anilines is 1. The molecule has 11 nitrogen and oxygen atoms in total. The minimum absolute atomic E-state index is 0.205. The highest BCUT2D eigenvalue weighted by Crippen LogP contribution is 2.46. The Balaban J connectivity index is 1.12. The number of hydrogen-bond donors (Lipinski definition) is 3. The average molecular weight is 524 g/mol. The molecule has 0 spiro atoms. The predicted octanol–water partition coefficient (Wildman–Crippen LogP) is 2.01. The molecule has 0 bridgehead atoms.